The van der Waals surface area contributed by atoms with E-state index >= 15 is 0 Å². The summed E-state index contributed by atoms with van der Waals surface area (Å²) in [7, 11) is 0. The van der Waals surface area contributed by atoms with Crippen LogP contribution in [-0.2, 0) is 4.79 Å². The van der Waals surface area contributed by atoms with E-state index in [0.717, 1.165) is 62.0 Å². The number of rotatable bonds is 5. The van der Waals surface area contributed by atoms with Gasteiger partial charge in [0.1, 0.15) is 17.8 Å². The maximum atomic E-state index is 12.9. The van der Waals surface area contributed by atoms with Gasteiger partial charge < -0.3 is 20.3 Å². The van der Waals surface area contributed by atoms with Crippen molar-refractivity contribution in [2.24, 2.45) is 17.3 Å². The second-order valence-electron chi connectivity index (χ2n) is 8.92. The number of fused-ring (bicyclic) bond motifs is 1. The molecule has 3 N–H and O–H groups in total. The fourth-order valence-corrected chi connectivity index (χ4v) is 5.37. The van der Waals surface area contributed by atoms with Crippen molar-refractivity contribution in [3.63, 3.8) is 0 Å². The van der Waals surface area contributed by atoms with Crippen molar-refractivity contribution in [3.8, 4) is 0 Å². The van der Waals surface area contributed by atoms with Gasteiger partial charge in [-0.2, -0.15) is 0 Å². The molecule has 28 heavy (non-hydrogen) atoms. The normalized spacial score (nSPS) is 25.3. The Balaban J connectivity index is 1.24. The molecule has 7 heteroatoms. The van der Waals surface area contributed by atoms with Gasteiger partial charge in [0.25, 0.3) is 0 Å². The quantitative estimate of drug-likeness (QED) is 0.736. The lowest BCUT2D eigenvalue weighted by Crippen LogP contribution is -2.49. The molecule has 1 unspecified atom stereocenters. The summed E-state index contributed by atoms with van der Waals surface area (Å²) in [5, 5.41) is 14.5. The molecule has 3 heterocycles. The van der Waals surface area contributed by atoms with E-state index in [9.17, 15) is 9.90 Å². The van der Waals surface area contributed by atoms with Gasteiger partial charge in [0.15, 0.2) is 0 Å². The first-order valence-corrected chi connectivity index (χ1v) is 10.7. The van der Waals surface area contributed by atoms with Crippen LogP contribution >= 0.6 is 0 Å². The monoisotopic (exact) mass is 383 g/mol. The van der Waals surface area contributed by atoms with Gasteiger partial charge in [-0.25, -0.2) is 9.97 Å². The van der Waals surface area contributed by atoms with E-state index in [2.05, 4.69) is 25.2 Å². The van der Waals surface area contributed by atoms with Crippen LogP contribution in [0.4, 0.5) is 5.82 Å². The summed E-state index contributed by atoms with van der Waals surface area (Å²) < 4.78 is 0. The summed E-state index contributed by atoms with van der Waals surface area (Å²) in [6.45, 7) is 2.09. The molecule has 2 saturated carbocycles. The molecular weight excluding hydrogens is 354 g/mol. The highest BCUT2D eigenvalue weighted by atomic mass is 16.3. The number of hydrogen-bond acceptors (Lipinski definition) is 5. The van der Waals surface area contributed by atoms with Crippen LogP contribution in [0, 0.1) is 17.3 Å². The number of nitrogens with one attached hydrogen (secondary N) is 2. The SMILES string of the molecule is O=C(NCC(O)C1CCCC1)[C@H]1CCN(c2ncnc3[nH]ccc23)CC12CC2. The van der Waals surface area contributed by atoms with Crippen LogP contribution in [0.1, 0.15) is 44.9 Å². The molecule has 0 aromatic carbocycles. The summed E-state index contributed by atoms with van der Waals surface area (Å²) in [4.78, 5) is 27.2. The molecule has 0 bridgehead atoms. The van der Waals surface area contributed by atoms with E-state index in [4.69, 9.17) is 0 Å². The van der Waals surface area contributed by atoms with E-state index < -0.39 is 6.10 Å². The number of anilines is 1. The van der Waals surface area contributed by atoms with Crippen LogP contribution in [0.5, 0.6) is 0 Å². The highest BCUT2D eigenvalue weighted by Crippen LogP contribution is 2.56. The van der Waals surface area contributed by atoms with Crippen molar-refractivity contribution in [3.05, 3.63) is 18.6 Å². The van der Waals surface area contributed by atoms with Gasteiger partial charge in [-0.1, -0.05) is 12.8 Å². The van der Waals surface area contributed by atoms with Gasteiger partial charge in [0.05, 0.1) is 11.5 Å². The average molecular weight is 383 g/mol. The third-order valence-corrected chi connectivity index (χ3v) is 7.20. The minimum absolute atomic E-state index is 0.0445. The molecular formula is C21H29N5O2. The Morgan fingerprint density at radius 1 is 1.32 bits per heavy atom. The Hall–Kier alpha value is -2.15. The van der Waals surface area contributed by atoms with Crippen molar-refractivity contribution in [2.75, 3.05) is 24.5 Å². The molecule has 7 nitrogen and oxygen atoms in total. The number of aliphatic hydroxyl groups excluding tert-OH is 1. The van der Waals surface area contributed by atoms with Crippen molar-refractivity contribution in [2.45, 2.75) is 51.0 Å². The lowest BCUT2D eigenvalue weighted by Gasteiger charge is -2.39. The first-order valence-electron chi connectivity index (χ1n) is 10.7. The number of carbonyl (C=O) groups excluding carboxylic acids is 1. The Morgan fingerprint density at radius 3 is 2.93 bits per heavy atom. The Labute approximate surface area is 164 Å². The van der Waals surface area contributed by atoms with Crippen LogP contribution in [0.2, 0.25) is 0 Å². The first-order chi connectivity index (χ1) is 13.7. The van der Waals surface area contributed by atoms with Gasteiger partial charge in [0.2, 0.25) is 5.91 Å². The van der Waals surface area contributed by atoms with Crippen LogP contribution in [-0.4, -0.2) is 51.7 Å². The molecule has 2 atom stereocenters. The van der Waals surface area contributed by atoms with Gasteiger partial charge in [-0.15, -0.1) is 0 Å². The Morgan fingerprint density at radius 2 is 2.14 bits per heavy atom. The van der Waals surface area contributed by atoms with Crippen LogP contribution < -0.4 is 10.2 Å². The molecule has 2 aromatic heterocycles. The maximum Gasteiger partial charge on any atom is 0.223 e. The number of aliphatic hydroxyl groups is 1. The van der Waals surface area contributed by atoms with Crippen molar-refractivity contribution in [1.29, 1.82) is 0 Å². The molecule has 2 aliphatic carbocycles. The minimum Gasteiger partial charge on any atom is -0.391 e. The molecule has 1 amide bonds. The molecule has 0 radical (unpaired) electrons. The Bertz CT molecular complexity index is 855. The number of aromatic amines is 1. The molecule has 1 saturated heterocycles. The van der Waals surface area contributed by atoms with E-state index in [1.807, 2.05) is 12.3 Å². The van der Waals surface area contributed by atoms with Gasteiger partial charge in [-0.3, -0.25) is 4.79 Å². The Kier molecular flexibility index (Phi) is 4.50. The molecule has 3 aliphatic rings. The first kappa shape index (κ1) is 17.9. The number of H-pyrrole nitrogens is 1. The third kappa shape index (κ3) is 3.15. The number of aromatic nitrogens is 3. The van der Waals surface area contributed by atoms with E-state index in [0.29, 0.717) is 12.5 Å². The fourth-order valence-electron chi connectivity index (χ4n) is 5.37. The zero-order valence-electron chi connectivity index (χ0n) is 16.2. The molecule has 1 aliphatic heterocycles. The topological polar surface area (TPSA) is 94.1 Å². The molecule has 1 spiro atoms. The predicted octanol–water partition coefficient (Wildman–Crippen LogP) is 2.23. The second-order valence-corrected chi connectivity index (χ2v) is 8.92. The highest BCUT2D eigenvalue weighted by Gasteiger charge is 2.55. The number of piperidine rings is 1. The second kappa shape index (κ2) is 7.03. The summed E-state index contributed by atoms with van der Waals surface area (Å²) in [5.74, 6) is 1.50. The summed E-state index contributed by atoms with van der Waals surface area (Å²) in [5.41, 5.74) is 0.921. The summed E-state index contributed by atoms with van der Waals surface area (Å²) in [6.07, 6.45) is 10.7. The number of hydrogen-bond donors (Lipinski definition) is 3. The lowest BCUT2D eigenvalue weighted by atomic mass is 9.81. The van der Waals surface area contributed by atoms with Crippen LogP contribution in [0.25, 0.3) is 11.0 Å². The maximum absolute atomic E-state index is 12.9. The van der Waals surface area contributed by atoms with Crippen molar-refractivity contribution < 1.29 is 9.90 Å². The smallest absolute Gasteiger partial charge is 0.223 e. The average Bonchev–Trinajstić information content (AvgIpc) is 3.15. The zero-order chi connectivity index (χ0) is 19.1. The largest absolute Gasteiger partial charge is 0.391 e. The number of amides is 1. The van der Waals surface area contributed by atoms with Gasteiger partial charge in [0, 0.05) is 31.7 Å². The van der Waals surface area contributed by atoms with Gasteiger partial charge in [-0.05, 0) is 49.5 Å². The van der Waals surface area contributed by atoms with E-state index in [1.54, 1.807) is 6.33 Å². The lowest BCUT2D eigenvalue weighted by molar-refractivity contribution is -0.128. The van der Waals surface area contributed by atoms with E-state index in [-0.39, 0.29) is 17.2 Å². The predicted molar refractivity (Wildman–Crippen MR) is 107 cm³/mol. The summed E-state index contributed by atoms with van der Waals surface area (Å²) in [6, 6.07) is 2.02. The fraction of sp³-hybridized carbons (Fsp3) is 0.667. The van der Waals surface area contributed by atoms with Gasteiger partial charge >= 0.3 is 0 Å². The van der Waals surface area contributed by atoms with Crippen LogP contribution in [0.3, 0.4) is 0 Å². The standard InChI is InChI=1S/C21H29N5O2/c27-17(14-3-1-2-4-14)11-23-20(28)16-6-10-26(12-21(16)7-8-21)19-15-5-9-22-18(15)24-13-25-19/h5,9,13-14,16-17,27H,1-4,6-8,10-12H2,(H,23,28)(H,22,24,25)/t16-,17?/m1/s1. The molecule has 3 fully saturated rings. The summed E-state index contributed by atoms with van der Waals surface area (Å²) >= 11 is 0. The minimum atomic E-state index is -0.399. The van der Waals surface area contributed by atoms with E-state index in [1.165, 1.54) is 12.8 Å². The van der Waals surface area contributed by atoms with Crippen molar-refractivity contribution >= 4 is 22.8 Å². The molecule has 5 rings (SSSR count). The van der Waals surface area contributed by atoms with Crippen LogP contribution in [0.15, 0.2) is 18.6 Å². The number of carbonyl (C=O) groups is 1. The van der Waals surface area contributed by atoms with Crippen molar-refractivity contribution in [1.82, 2.24) is 20.3 Å². The zero-order valence-corrected chi connectivity index (χ0v) is 16.2. The molecule has 150 valence electrons. The number of nitrogens with zero attached hydrogens (tertiary/aromatic N) is 3. The highest BCUT2D eigenvalue weighted by molar-refractivity contribution is 5.87. The molecule has 2 aromatic rings. The third-order valence-electron chi connectivity index (χ3n) is 7.20.